The van der Waals surface area contributed by atoms with Crippen molar-refractivity contribution in [3.8, 4) is 5.82 Å². The fourth-order valence-corrected chi connectivity index (χ4v) is 1.57. The number of aromatic nitrogens is 4. The summed E-state index contributed by atoms with van der Waals surface area (Å²) in [6, 6.07) is 1.62. The molecule has 0 fully saturated rings. The first-order valence-corrected chi connectivity index (χ1v) is 5.25. The number of halogens is 1. The van der Waals surface area contributed by atoms with Crippen LogP contribution in [0.5, 0.6) is 0 Å². The van der Waals surface area contributed by atoms with Gasteiger partial charge in [-0.2, -0.15) is 5.10 Å². The Labute approximate surface area is 99.8 Å². The zero-order valence-corrected chi connectivity index (χ0v) is 9.97. The smallest absolute Gasteiger partial charge is 0.271 e. The van der Waals surface area contributed by atoms with Crippen LogP contribution in [0.2, 0.25) is 0 Å². The maximum Gasteiger partial charge on any atom is 0.271 e. The normalized spacial score (nSPS) is 10.1. The van der Waals surface area contributed by atoms with Crippen molar-refractivity contribution in [2.24, 2.45) is 0 Å². The van der Waals surface area contributed by atoms with E-state index in [2.05, 4.69) is 36.3 Å². The van der Waals surface area contributed by atoms with Gasteiger partial charge in [-0.25, -0.2) is 14.6 Å². The highest BCUT2D eigenvalue weighted by Gasteiger charge is 2.10. The van der Waals surface area contributed by atoms with Gasteiger partial charge in [0.05, 0.1) is 4.47 Å². The van der Waals surface area contributed by atoms with Gasteiger partial charge >= 0.3 is 0 Å². The molecule has 82 valence electrons. The number of carbonyl (C=O) groups is 1. The summed E-state index contributed by atoms with van der Waals surface area (Å²) in [5.74, 6) is 0.356. The Balaban J connectivity index is 2.39. The van der Waals surface area contributed by atoms with E-state index in [9.17, 15) is 4.79 Å². The van der Waals surface area contributed by atoms with Crippen molar-refractivity contribution in [1.82, 2.24) is 25.1 Å². The van der Waals surface area contributed by atoms with Crippen molar-refractivity contribution in [2.45, 2.75) is 0 Å². The SMILES string of the molecule is CNC(=O)c1ccn(-c2ncncc2Br)n1. The molecule has 2 aromatic rings. The summed E-state index contributed by atoms with van der Waals surface area (Å²) in [5, 5.41) is 6.60. The fraction of sp³-hybridized carbons (Fsp3) is 0.111. The van der Waals surface area contributed by atoms with Gasteiger partial charge in [-0.15, -0.1) is 0 Å². The maximum atomic E-state index is 11.3. The van der Waals surface area contributed by atoms with Crippen molar-refractivity contribution in [3.63, 3.8) is 0 Å². The molecule has 2 aromatic heterocycles. The Morgan fingerprint density at radius 2 is 2.38 bits per heavy atom. The second-order valence-electron chi connectivity index (χ2n) is 2.92. The molecule has 0 bridgehead atoms. The molecule has 0 radical (unpaired) electrons. The molecule has 0 spiro atoms. The highest BCUT2D eigenvalue weighted by atomic mass is 79.9. The van der Waals surface area contributed by atoms with Gasteiger partial charge in [0.15, 0.2) is 11.5 Å². The van der Waals surface area contributed by atoms with E-state index in [4.69, 9.17) is 0 Å². The predicted octanol–water partition coefficient (Wildman–Crippen LogP) is 0.784. The number of hydrogen-bond donors (Lipinski definition) is 1. The van der Waals surface area contributed by atoms with Crippen molar-refractivity contribution in [3.05, 3.63) is 35.0 Å². The molecule has 0 aliphatic rings. The Morgan fingerprint density at radius 1 is 1.56 bits per heavy atom. The number of nitrogens with zero attached hydrogens (tertiary/aromatic N) is 4. The zero-order valence-electron chi connectivity index (χ0n) is 8.38. The van der Waals surface area contributed by atoms with Crippen LogP contribution in [0.25, 0.3) is 5.82 Å². The molecule has 7 heteroatoms. The van der Waals surface area contributed by atoms with Gasteiger partial charge < -0.3 is 5.32 Å². The molecule has 0 aromatic carbocycles. The minimum absolute atomic E-state index is 0.232. The van der Waals surface area contributed by atoms with E-state index in [1.165, 1.54) is 11.0 Å². The molecule has 6 nitrogen and oxygen atoms in total. The molecule has 0 aliphatic heterocycles. The molecule has 1 N–H and O–H groups in total. The van der Waals surface area contributed by atoms with E-state index >= 15 is 0 Å². The summed E-state index contributed by atoms with van der Waals surface area (Å²) >= 11 is 3.31. The average Bonchev–Trinajstić information content (AvgIpc) is 2.78. The van der Waals surface area contributed by atoms with Crippen LogP contribution in [-0.4, -0.2) is 32.7 Å². The summed E-state index contributed by atoms with van der Waals surface area (Å²) in [7, 11) is 1.56. The molecule has 16 heavy (non-hydrogen) atoms. The van der Waals surface area contributed by atoms with Crippen LogP contribution in [0, 0.1) is 0 Å². The lowest BCUT2D eigenvalue weighted by Gasteiger charge is -2.01. The van der Waals surface area contributed by atoms with Crippen LogP contribution in [0.1, 0.15) is 10.5 Å². The zero-order chi connectivity index (χ0) is 11.5. The Bertz CT molecular complexity index is 524. The van der Waals surface area contributed by atoms with Gasteiger partial charge in [0.25, 0.3) is 5.91 Å². The van der Waals surface area contributed by atoms with Gasteiger partial charge in [0, 0.05) is 19.4 Å². The summed E-state index contributed by atoms with van der Waals surface area (Å²) in [4.78, 5) is 19.2. The lowest BCUT2D eigenvalue weighted by atomic mass is 10.4. The largest absolute Gasteiger partial charge is 0.354 e. The standard InChI is InChI=1S/C9H8BrN5O/c1-11-9(16)7-2-3-15(14-7)8-6(10)4-12-5-13-8/h2-5H,1H3,(H,11,16). The van der Waals surface area contributed by atoms with Crippen LogP contribution < -0.4 is 5.32 Å². The van der Waals surface area contributed by atoms with E-state index < -0.39 is 0 Å². The van der Waals surface area contributed by atoms with Crippen molar-refractivity contribution in [2.75, 3.05) is 7.05 Å². The van der Waals surface area contributed by atoms with Crippen LogP contribution in [0.15, 0.2) is 29.3 Å². The Morgan fingerprint density at radius 3 is 3.06 bits per heavy atom. The lowest BCUT2D eigenvalue weighted by molar-refractivity contribution is 0.0957. The van der Waals surface area contributed by atoms with Crippen LogP contribution in [0.4, 0.5) is 0 Å². The molecule has 0 saturated carbocycles. The van der Waals surface area contributed by atoms with Crippen LogP contribution in [0.3, 0.4) is 0 Å². The quantitative estimate of drug-likeness (QED) is 0.883. The third-order valence-electron chi connectivity index (χ3n) is 1.91. The van der Waals surface area contributed by atoms with Crippen molar-refractivity contribution < 1.29 is 4.79 Å². The number of hydrogen-bond acceptors (Lipinski definition) is 4. The number of nitrogens with one attached hydrogen (secondary N) is 1. The molecule has 0 atom stereocenters. The predicted molar refractivity (Wildman–Crippen MR) is 60.2 cm³/mol. The van der Waals surface area contributed by atoms with Crippen LogP contribution >= 0.6 is 15.9 Å². The molecule has 0 saturated heterocycles. The molecule has 1 amide bonds. The number of carbonyl (C=O) groups excluding carboxylic acids is 1. The maximum absolute atomic E-state index is 11.3. The fourth-order valence-electron chi connectivity index (χ4n) is 1.17. The minimum atomic E-state index is -0.232. The van der Waals surface area contributed by atoms with E-state index in [-0.39, 0.29) is 5.91 Å². The number of amides is 1. The molecule has 0 unspecified atom stereocenters. The summed E-state index contributed by atoms with van der Waals surface area (Å²) in [6.45, 7) is 0. The molecule has 2 rings (SSSR count). The molecular formula is C9H8BrN5O. The van der Waals surface area contributed by atoms with E-state index in [0.717, 1.165) is 0 Å². The monoisotopic (exact) mass is 281 g/mol. The van der Waals surface area contributed by atoms with Crippen molar-refractivity contribution in [1.29, 1.82) is 0 Å². The van der Waals surface area contributed by atoms with Gasteiger partial charge in [-0.1, -0.05) is 0 Å². The number of rotatable bonds is 2. The molecule has 2 heterocycles. The topological polar surface area (TPSA) is 72.7 Å². The Kier molecular flexibility index (Phi) is 2.95. The highest BCUT2D eigenvalue weighted by Crippen LogP contribution is 2.15. The van der Waals surface area contributed by atoms with Gasteiger partial charge in [-0.05, 0) is 22.0 Å². The second-order valence-corrected chi connectivity index (χ2v) is 3.77. The van der Waals surface area contributed by atoms with Gasteiger partial charge in [0.2, 0.25) is 0 Å². The summed E-state index contributed by atoms with van der Waals surface area (Å²) in [5.41, 5.74) is 0.341. The lowest BCUT2D eigenvalue weighted by Crippen LogP contribution is -2.18. The first-order valence-electron chi connectivity index (χ1n) is 4.46. The molecule has 0 aliphatic carbocycles. The van der Waals surface area contributed by atoms with Gasteiger partial charge in [-0.3, -0.25) is 4.79 Å². The van der Waals surface area contributed by atoms with E-state index in [1.807, 2.05) is 0 Å². The summed E-state index contributed by atoms with van der Waals surface area (Å²) in [6.07, 6.45) is 4.70. The first-order chi connectivity index (χ1) is 7.72. The minimum Gasteiger partial charge on any atom is -0.354 e. The summed E-state index contributed by atoms with van der Waals surface area (Å²) < 4.78 is 2.22. The van der Waals surface area contributed by atoms with E-state index in [1.54, 1.807) is 25.5 Å². The van der Waals surface area contributed by atoms with Crippen molar-refractivity contribution >= 4 is 21.8 Å². The third-order valence-corrected chi connectivity index (χ3v) is 2.47. The van der Waals surface area contributed by atoms with E-state index in [0.29, 0.717) is 16.0 Å². The van der Waals surface area contributed by atoms with Gasteiger partial charge in [0.1, 0.15) is 6.33 Å². The highest BCUT2D eigenvalue weighted by molar-refractivity contribution is 9.10. The first kappa shape index (κ1) is 10.7. The average molecular weight is 282 g/mol. The Hall–Kier alpha value is -1.76. The third kappa shape index (κ3) is 1.94. The molecular weight excluding hydrogens is 274 g/mol. The second kappa shape index (κ2) is 4.40. The van der Waals surface area contributed by atoms with Crippen LogP contribution in [-0.2, 0) is 0 Å².